The molecule has 0 aromatic rings. The van der Waals surface area contributed by atoms with Crippen molar-refractivity contribution in [1.82, 2.24) is 0 Å². The number of carbonyl (C=O) groups is 1. The topological polar surface area (TPSA) is 87.0 Å². The summed E-state index contributed by atoms with van der Waals surface area (Å²) in [5.74, 6) is 0.0186. The van der Waals surface area contributed by atoms with Crippen LogP contribution in [0.5, 0.6) is 0 Å². The number of unbranched alkanes of at least 4 members (excludes halogenated alkanes) is 2. The smallest absolute Gasteiger partial charge is 0.303 e. The molecule has 0 bridgehead atoms. The van der Waals surface area contributed by atoms with E-state index in [1.165, 1.54) is 6.42 Å². The predicted molar refractivity (Wildman–Crippen MR) is 143 cm³/mol. The maximum absolute atomic E-state index is 10.9. The van der Waals surface area contributed by atoms with Crippen molar-refractivity contribution in [1.29, 1.82) is 0 Å². The maximum atomic E-state index is 10.9. The van der Waals surface area contributed by atoms with Crippen molar-refractivity contribution in [2.24, 2.45) is 17.8 Å². The van der Waals surface area contributed by atoms with E-state index < -0.39 is 26.5 Å². The minimum atomic E-state index is -2.00. The van der Waals surface area contributed by atoms with Crippen molar-refractivity contribution < 1.29 is 24.5 Å². The number of aliphatic hydroxyl groups is 2. The summed E-state index contributed by atoms with van der Waals surface area (Å²) in [5, 5.41) is 30.4. The predicted octanol–water partition coefficient (Wildman–Crippen LogP) is 6.71. The van der Waals surface area contributed by atoms with Gasteiger partial charge in [-0.25, -0.2) is 0 Å². The summed E-state index contributed by atoms with van der Waals surface area (Å²) < 4.78 is 6.76. The van der Waals surface area contributed by atoms with E-state index in [1.807, 2.05) is 12.2 Å². The highest BCUT2D eigenvalue weighted by Crippen LogP contribution is 2.44. The van der Waals surface area contributed by atoms with Crippen LogP contribution < -0.4 is 0 Å². The molecule has 0 aromatic carbocycles. The van der Waals surface area contributed by atoms with Gasteiger partial charge in [-0.05, 0) is 62.1 Å². The second kappa shape index (κ2) is 14.6. The molecule has 5 atom stereocenters. The highest BCUT2D eigenvalue weighted by molar-refractivity contribution is 6.74. The third-order valence-electron chi connectivity index (χ3n) is 7.57. The number of allylic oxidation sites excluding steroid dienone is 2. The molecule has 0 amide bonds. The number of aliphatic carboxylic acids is 1. The fourth-order valence-electron chi connectivity index (χ4n) is 4.37. The number of rotatable bonds is 15. The van der Waals surface area contributed by atoms with Gasteiger partial charge in [-0.2, -0.15) is 0 Å². The Morgan fingerprint density at radius 1 is 1.12 bits per heavy atom. The molecule has 1 rings (SSSR count). The largest absolute Gasteiger partial charge is 0.481 e. The first-order valence-corrected chi connectivity index (χ1v) is 16.2. The fraction of sp³-hybridized carbons (Fsp3) is 0.821. The number of carboxylic acid groups (broad SMARTS) is 1. The van der Waals surface area contributed by atoms with Gasteiger partial charge < -0.3 is 19.7 Å². The van der Waals surface area contributed by atoms with Crippen molar-refractivity contribution in [3.8, 4) is 0 Å². The Hall–Kier alpha value is -0.953. The van der Waals surface area contributed by atoms with E-state index in [0.717, 1.165) is 32.1 Å². The lowest BCUT2D eigenvalue weighted by Gasteiger charge is -2.40. The molecule has 3 N–H and O–H groups in total. The zero-order chi connectivity index (χ0) is 25.9. The molecular weight excluding hydrogens is 444 g/mol. The molecule has 0 heterocycles. The normalized spacial score (nSPS) is 25.1. The molecule has 1 aliphatic carbocycles. The molecule has 1 fully saturated rings. The summed E-state index contributed by atoms with van der Waals surface area (Å²) >= 11 is 0. The lowest BCUT2D eigenvalue weighted by atomic mass is 9.89. The van der Waals surface area contributed by atoms with E-state index in [4.69, 9.17) is 9.53 Å². The minimum absolute atomic E-state index is 0.0369. The van der Waals surface area contributed by atoms with Gasteiger partial charge in [0.1, 0.15) is 0 Å². The van der Waals surface area contributed by atoms with Gasteiger partial charge in [-0.15, -0.1) is 0 Å². The first kappa shape index (κ1) is 31.1. The van der Waals surface area contributed by atoms with Gasteiger partial charge in [-0.1, -0.05) is 78.2 Å². The van der Waals surface area contributed by atoms with Gasteiger partial charge in [0.25, 0.3) is 0 Å². The minimum Gasteiger partial charge on any atom is -0.481 e. The summed E-state index contributed by atoms with van der Waals surface area (Å²) in [7, 11) is -2.00. The first-order valence-electron chi connectivity index (χ1n) is 13.3. The summed E-state index contributed by atoms with van der Waals surface area (Å²) in [4.78, 5) is 10.7. The highest BCUT2D eigenvalue weighted by Gasteiger charge is 2.46. The monoisotopic (exact) mass is 496 g/mol. The molecule has 0 aliphatic heterocycles. The second-order valence-corrected chi connectivity index (χ2v) is 16.8. The molecule has 34 heavy (non-hydrogen) atoms. The lowest BCUT2D eigenvalue weighted by molar-refractivity contribution is -0.137. The Morgan fingerprint density at radius 2 is 1.76 bits per heavy atom. The van der Waals surface area contributed by atoms with Crippen molar-refractivity contribution >= 4 is 14.3 Å². The van der Waals surface area contributed by atoms with Crippen LogP contribution in [0.25, 0.3) is 0 Å². The molecule has 1 aliphatic rings. The molecule has 0 spiro atoms. The SMILES string of the molecule is CC(C)CCCC[C@H](O)/C=C/[C@@H]1[C@@H](C/C=C\CCCC(=O)O)[C@@H](O)C[C@H]1O[Si](C)(C)C(C)(C)C. The summed E-state index contributed by atoms with van der Waals surface area (Å²) in [6, 6.07) is 0. The molecule has 6 heteroatoms. The van der Waals surface area contributed by atoms with Crippen molar-refractivity contribution in [3.63, 3.8) is 0 Å². The van der Waals surface area contributed by atoms with E-state index in [2.05, 4.69) is 59.9 Å². The Bertz CT molecular complexity index is 650. The van der Waals surface area contributed by atoms with Crippen LogP contribution in [0.1, 0.15) is 92.4 Å². The number of aliphatic hydroxyl groups excluding tert-OH is 2. The highest BCUT2D eigenvalue weighted by atomic mass is 28.4. The van der Waals surface area contributed by atoms with Crippen LogP contribution in [0.15, 0.2) is 24.3 Å². The van der Waals surface area contributed by atoms with Gasteiger partial charge in [0.15, 0.2) is 8.32 Å². The van der Waals surface area contributed by atoms with Crippen LogP contribution in [0.2, 0.25) is 18.1 Å². The van der Waals surface area contributed by atoms with Crippen LogP contribution in [-0.4, -0.2) is 47.9 Å². The lowest BCUT2D eigenvalue weighted by Crippen LogP contribution is -2.45. The quantitative estimate of drug-likeness (QED) is 0.133. The van der Waals surface area contributed by atoms with Gasteiger partial charge in [0, 0.05) is 12.3 Å². The second-order valence-electron chi connectivity index (χ2n) is 12.1. The van der Waals surface area contributed by atoms with Crippen LogP contribution in [0.4, 0.5) is 0 Å². The Balaban J connectivity index is 2.86. The maximum Gasteiger partial charge on any atom is 0.303 e. The zero-order valence-corrected chi connectivity index (χ0v) is 23.8. The van der Waals surface area contributed by atoms with E-state index in [9.17, 15) is 15.0 Å². The third-order valence-corrected chi connectivity index (χ3v) is 12.1. The van der Waals surface area contributed by atoms with Crippen molar-refractivity contribution in [2.45, 2.75) is 129 Å². The van der Waals surface area contributed by atoms with Crippen LogP contribution in [-0.2, 0) is 9.22 Å². The molecule has 0 unspecified atom stereocenters. The average Bonchev–Trinajstić information content (AvgIpc) is 2.98. The van der Waals surface area contributed by atoms with Gasteiger partial charge >= 0.3 is 5.97 Å². The average molecular weight is 497 g/mol. The summed E-state index contributed by atoms with van der Waals surface area (Å²) in [5.41, 5.74) is 0. The summed E-state index contributed by atoms with van der Waals surface area (Å²) in [6.45, 7) is 15.6. The molecule has 0 aromatic heterocycles. The van der Waals surface area contributed by atoms with Gasteiger partial charge in [0.2, 0.25) is 0 Å². The molecule has 5 nitrogen and oxygen atoms in total. The first-order chi connectivity index (χ1) is 15.7. The van der Waals surface area contributed by atoms with Crippen LogP contribution >= 0.6 is 0 Å². The summed E-state index contributed by atoms with van der Waals surface area (Å²) in [6.07, 6.45) is 14.1. The van der Waals surface area contributed by atoms with Crippen molar-refractivity contribution in [3.05, 3.63) is 24.3 Å². The number of hydrogen-bond acceptors (Lipinski definition) is 4. The van der Waals surface area contributed by atoms with E-state index >= 15 is 0 Å². The molecule has 1 saturated carbocycles. The number of hydrogen-bond donors (Lipinski definition) is 3. The molecular formula is C28H52O5Si. The Kier molecular flexibility index (Phi) is 13.3. The van der Waals surface area contributed by atoms with E-state index in [1.54, 1.807) is 0 Å². The van der Waals surface area contributed by atoms with Gasteiger partial charge in [-0.3, -0.25) is 4.79 Å². The molecule has 0 saturated heterocycles. The van der Waals surface area contributed by atoms with Crippen LogP contribution in [0, 0.1) is 17.8 Å². The third kappa shape index (κ3) is 11.2. The fourth-order valence-corrected chi connectivity index (χ4v) is 5.73. The van der Waals surface area contributed by atoms with E-state index in [-0.39, 0.29) is 29.4 Å². The Morgan fingerprint density at radius 3 is 2.35 bits per heavy atom. The molecule has 198 valence electrons. The Labute approximate surface area is 209 Å². The zero-order valence-electron chi connectivity index (χ0n) is 22.8. The van der Waals surface area contributed by atoms with Gasteiger partial charge in [0.05, 0.1) is 18.3 Å². The van der Waals surface area contributed by atoms with Crippen LogP contribution in [0.3, 0.4) is 0 Å². The van der Waals surface area contributed by atoms with Crippen molar-refractivity contribution in [2.75, 3.05) is 0 Å². The molecule has 0 radical (unpaired) electrons. The standard InChI is InChI=1S/C28H52O5Si/c1-21(2)14-12-13-15-22(29)18-19-24-23(16-10-8-9-11-17-27(31)32)25(30)20-26(24)33-34(6,7)28(3,4)5/h8,10,18-19,21-26,29-30H,9,11-17,20H2,1-7H3,(H,31,32)/b10-8-,19-18+/t22-,23+,24+,25-,26+/m0/s1. The van der Waals surface area contributed by atoms with E-state index in [0.29, 0.717) is 18.8 Å². The number of carboxylic acids is 1.